The van der Waals surface area contributed by atoms with Gasteiger partial charge in [-0.1, -0.05) is 132 Å². The van der Waals surface area contributed by atoms with Crippen molar-refractivity contribution in [3.8, 4) is 0 Å². The van der Waals surface area contributed by atoms with Crippen molar-refractivity contribution in [2.45, 2.75) is 174 Å². The van der Waals surface area contributed by atoms with Crippen LogP contribution in [0, 0.1) is 0 Å². The van der Waals surface area contributed by atoms with Gasteiger partial charge in [0.05, 0.1) is 27.7 Å². The number of ether oxygens (including phenoxy) is 2. The first kappa shape index (κ1) is 53.7. The minimum atomic E-state index is -4.39. The summed E-state index contributed by atoms with van der Waals surface area (Å²) < 4.78 is 34.2. The molecule has 0 bridgehead atoms. The molecule has 10 heteroatoms. The molecule has 0 rings (SSSR count). The molecule has 0 saturated heterocycles. The Morgan fingerprint density at radius 3 is 1.50 bits per heavy atom. The van der Waals surface area contributed by atoms with Crippen molar-refractivity contribution in [3.05, 3.63) is 60.8 Å². The van der Waals surface area contributed by atoms with E-state index in [4.69, 9.17) is 18.5 Å². The Balaban J connectivity index is 4.45. The van der Waals surface area contributed by atoms with E-state index in [2.05, 4.69) is 74.6 Å². The smallest absolute Gasteiger partial charge is 0.462 e. The maximum Gasteiger partial charge on any atom is 0.472 e. The highest BCUT2D eigenvalue weighted by Crippen LogP contribution is 2.43. The molecular formula is C46H83NO8P+. The van der Waals surface area contributed by atoms with Crippen LogP contribution in [0.4, 0.5) is 0 Å². The zero-order chi connectivity index (χ0) is 41.4. The molecule has 0 aliphatic carbocycles. The predicted octanol–water partition coefficient (Wildman–Crippen LogP) is 12.5. The van der Waals surface area contributed by atoms with Gasteiger partial charge in [-0.15, -0.1) is 0 Å². The van der Waals surface area contributed by atoms with E-state index in [1.807, 2.05) is 21.1 Å². The molecule has 0 radical (unpaired) electrons. The number of likely N-dealkylation sites (N-methyl/N-ethyl adjacent to an activating group) is 1. The van der Waals surface area contributed by atoms with Crippen LogP contribution in [0.5, 0.6) is 0 Å². The van der Waals surface area contributed by atoms with E-state index in [0.29, 0.717) is 17.4 Å². The first-order valence-electron chi connectivity index (χ1n) is 22.0. The van der Waals surface area contributed by atoms with Crippen molar-refractivity contribution < 1.29 is 42.1 Å². The van der Waals surface area contributed by atoms with Gasteiger partial charge in [0.15, 0.2) is 6.10 Å². The van der Waals surface area contributed by atoms with E-state index >= 15 is 0 Å². The molecule has 0 heterocycles. The Morgan fingerprint density at radius 1 is 0.554 bits per heavy atom. The SMILES string of the molecule is CCCCC/C=C/C/C=C/C/C=C/C/C=C/CCCCCC(=O)O[C@H](COC(=O)CCCCCCC/C=C/CCCCCC)COP(=O)(O)OCC[N+](C)(C)C. The van der Waals surface area contributed by atoms with Crippen molar-refractivity contribution >= 4 is 19.8 Å². The summed E-state index contributed by atoms with van der Waals surface area (Å²) in [7, 11) is 1.44. The van der Waals surface area contributed by atoms with Gasteiger partial charge in [0.2, 0.25) is 0 Å². The fraction of sp³-hybridized carbons (Fsp3) is 0.739. The van der Waals surface area contributed by atoms with Crippen molar-refractivity contribution in [2.24, 2.45) is 0 Å². The summed E-state index contributed by atoms with van der Waals surface area (Å²) in [5, 5.41) is 0. The largest absolute Gasteiger partial charge is 0.472 e. The fourth-order valence-electron chi connectivity index (χ4n) is 5.52. The molecule has 0 fully saturated rings. The summed E-state index contributed by atoms with van der Waals surface area (Å²) in [6, 6.07) is 0. The average Bonchev–Trinajstić information content (AvgIpc) is 3.15. The zero-order valence-electron chi connectivity index (χ0n) is 36.3. The van der Waals surface area contributed by atoms with Crippen LogP contribution < -0.4 is 0 Å². The second-order valence-electron chi connectivity index (χ2n) is 15.7. The van der Waals surface area contributed by atoms with Crippen molar-refractivity contribution in [2.75, 3.05) is 47.5 Å². The standard InChI is InChI=1S/C46H82NO8P/c1-6-8-10-12-14-16-18-20-21-22-23-24-25-27-29-31-33-35-37-39-46(49)55-44(43-54-56(50,51)53-41-40-47(3,4)5)42-52-45(48)38-36-34-32-30-28-26-19-17-15-13-11-9-7-2/h14,16-17,19-21,23-24,27,29,44H,6-13,15,18,22,25-26,28,30-43H2,1-5H3/p+1/b16-14+,19-17+,21-20+,24-23+,29-27+/t44-/m1/s1. The van der Waals surface area contributed by atoms with Gasteiger partial charge in [-0.25, -0.2) is 4.57 Å². The lowest BCUT2D eigenvalue weighted by molar-refractivity contribution is -0.870. The van der Waals surface area contributed by atoms with Gasteiger partial charge < -0.3 is 18.9 Å². The number of phosphoric acid groups is 1. The molecule has 0 aliphatic heterocycles. The fourth-order valence-corrected chi connectivity index (χ4v) is 6.26. The molecular weight excluding hydrogens is 725 g/mol. The van der Waals surface area contributed by atoms with Gasteiger partial charge in [0, 0.05) is 12.8 Å². The number of hydrogen-bond acceptors (Lipinski definition) is 7. The zero-order valence-corrected chi connectivity index (χ0v) is 37.2. The quantitative estimate of drug-likeness (QED) is 0.0215. The summed E-state index contributed by atoms with van der Waals surface area (Å²) >= 11 is 0. The molecule has 0 amide bonds. The Bertz CT molecular complexity index is 1140. The van der Waals surface area contributed by atoms with E-state index in [1.54, 1.807) is 0 Å². The molecule has 1 N–H and O–H groups in total. The molecule has 2 atom stereocenters. The van der Waals surface area contributed by atoms with Crippen molar-refractivity contribution in [1.29, 1.82) is 0 Å². The molecule has 56 heavy (non-hydrogen) atoms. The summed E-state index contributed by atoms with van der Waals surface area (Å²) in [5.41, 5.74) is 0. The summed E-state index contributed by atoms with van der Waals surface area (Å²) in [6.45, 7) is 4.31. The normalized spacial score (nSPS) is 14.2. The third kappa shape index (κ3) is 41.3. The van der Waals surface area contributed by atoms with Gasteiger partial charge in [0.25, 0.3) is 0 Å². The molecule has 0 aromatic heterocycles. The molecule has 0 saturated carbocycles. The number of carbonyl (C=O) groups is 2. The highest BCUT2D eigenvalue weighted by Gasteiger charge is 2.27. The lowest BCUT2D eigenvalue weighted by Gasteiger charge is -2.24. The number of phosphoric ester groups is 1. The molecule has 9 nitrogen and oxygen atoms in total. The topological polar surface area (TPSA) is 108 Å². The van der Waals surface area contributed by atoms with Gasteiger partial charge in [-0.2, -0.15) is 0 Å². The first-order valence-corrected chi connectivity index (χ1v) is 23.5. The lowest BCUT2D eigenvalue weighted by atomic mass is 10.1. The second kappa shape index (κ2) is 38.2. The Morgan fingerprint density at radius 2 is 0.964 bits per heavy atom. The van der Waals surface area contributed by atoms with E-state index in [0.717, 1.165) is 77.0 Å². The lowest BCUT2D eigenvalue weighted by Crippen LogP contribution is -2.37. The number of quaternary nitrogens is 1. The van der Waals surface area contributed by atoms with Crippen LogP contribution >= 0.6 is 7.82 Å². The first-order chi connectivity index (χ1) is 27.0. The van der Waals surface area contributed by atoms with Gasteiger partial charge in [-0.3, -0.25) is 18.6 Å². The van der Waals surface area contributed by atoms with Crippen LogP contribution in [-0.2, 0) is 32.7 Å². The summed E-state index contributed by atoms with van der Waals surface area (Å²) in [6.07, 6.45) is 45.5. The molecule has 0 aliphatic rings. The number of esters is 2. The summed E-state index contributed by atoms with van der Waals surface area (Å²) in [5.74, 6) is -0.849. The van der Waals surface area contributed by atoms with Gasteiger partial charge >= 0.3 is 19.8 Å². The maximum absolute atomic E-state index is 12.7. The van der Waals surface area contributed by atoms with Crippen LogP contribution in [0.25, 0.3) is 0 Å². The minimum absolute atomic E-state index is 0.0214. The Labute approximate surface area is 343 Å². The van der Waals surface area contributed by atoms with Gasteiger partial charge in [-0.05, 0) is 83.5 Å². The third-order valence-electron chi connectivity index (χ3n) is 9.02. The third-order valence-corrected chi connectivity index (χ3v) is 10.0. The van der Waals surface area contributed by atoms with E-state index in [1.165, 1.54) is 57.8 Å². The van der Waals surface area contributed by atoms with E-state index < -0.39 is 26.5 Å². The number of carbonyl (C=O) groups excluding carboxylic acids is 2. The second-order valence-corrected chi connectivity index (χ2v) is 17.2. The van der Waals surface area contributed by atoms with E-state index in [-0.39, 0.29) is 32.0 Å². The number of rotatable bonds is 39. The summed E-state index contributed by atoms with van der Waals surface area (Å²) in [4.78, 5) is 35.3. The number of unbranched alkanes of at least 4 members (excludes halogenated alkanes) is 15. The minimum Gasteiger partial charge on any atom is -0.462 e. The van der Waals surface area contributed by atoms with Crippen LogP contribution in [0.15, 0.2) is 60.8 Å². The van der Waals surface area contributed by atoms with E-state index in [9.17, 15) is 19.0 Å². The monoisotopic (exact) mass is 809 g/mol. The number of nitrogens with zero attached hydrogens (tertiary/aromatic N) is 1. The Hall–Kier alpha value is -2.29. The Kier molecular flexibility index (Phi) is 36.7. The highest BCUT2D eigenvalue weighted by molar-refractivity contribution is 7.47. The molecule has 324 valence electrons. The van der Waals surface area contributed by atoms with Crippen molar-refractivity contribution in [3.63, 3.8) is 0 Å². The van der Waals surface area contributed by atoms with Crippen LogP contribution in [0.1, 0.15) is 168 Å². The van der Waals surface area contributed by atoms with Gasteiger partial charge in [0.1, 0.15) is 19.8 Å². The van der Waals surface area contributed by atoms with Crippen molar-refractivity contribution in [1.82, 2.24) is 0 Å². The molecule has 0 spiro atoms. The number of allylic oxidation sites excluding steroid dienone is 10. The highest BCUT2D eigenvalue weighted by atomic mass is 31.2. The number of hydrogen-bond donors (Lipinski definition) is 1. The van der Waals surface area contributed by atoms with Crippen LogP contribution in [0.3, 0.4) is 0 Å². The molecule has 0 aromatic rings. The average molecular weight is 809 g/mol. The predicted molar refractivity (Wildman–Crippen MR) is 233 cm³/mol. The maximum atomic E-state index is 12.7. The molecule has 0 aromatic carbocycles. The molecule has 1 unspecified atom stereocenters. The van der Waals surface area contributed by atoms with Crippen LogP contribution in [-0.4, -0.2) is 74.9 Å². The van der Waals surface area contributed by atoms with Crippen LogP contribution in [0.2, 0.25) is 0 Å².